The van der Waals surface area contributed by atoms with Gasteiger partial charge in [0.15, 0.2) is 5.96 Å². The number of guanidine groups is 1. The minimum absolute atomic E-state index is 0.0971. The molecular formula is C20H31N5O2. The Hall–Kier alpha value is -2.31. The first-order chi connectivity index (χ1) is 13.1. The van der Waals surface area contributed by atoms with E-state index in [1.807, 2.05) is 12.3 Å². The van der Waals surface area contributed by atoms with Crippen LogP contribution in [0, 0.1) is 11.8 Å². The second-order valence-corrected chi connectivity index (χ2v) is 7.48. The van der Waals surface area contributed by atoms with Crippen molar-refractivity contribution in [2.75, 3.05) is 45.2 Å². The Morgan fingerprint density at radius 1 is 1.33 bits per heavy atom. The molecule has 2 atom stereocenters. The molecule has 2 aliphatic heterocycles. The molecule has 0 amide bonds. The number of aliphatic imine (C=N–C) groups is 1. The highest BCUT2D eigenvalue weighted by atomic mass is 16.5. The van der Waals surface area contributed by atoms with Crippen LogP contribution < -0.4 is 10.2 Å². The number of esters is 1. The molecule has 0 saturated carbocycles. The maximum Gasteiger partial charge on any atom is 0.310 e. The van der Waals surface area contributed by atoms with Crippen LogP contribution in [0.25, 0.3) is 0 Å². The van der Waals surface area contributed by atoms with Crippen molar-refractivity contribution >= 4 is 17.7 Å². The quantitative estimate of drug-likeness (QED) is 0.494. The van der Waals surface area contributed by atoms with Crippen molar-refractivity contribution in [3.05, 3.63) is 23.9 Å². The van der Waals surface area contributed by atoms with E-state index in [0.717, 1.165) is 31.4 Å². The van der Waals surface area contributed by atoms with Crippen molar-refractivity contribution in [2.45, 2.75) is 32.7 Å². The molecule has 2 fully saturated rings. The predicted molar refractivity (Wildman–Crippen MR) is 107 cm³/mol. The molecule has 7 heteroatoms. The van der Waals surface area contributed by atoms with Gasteiger partial charge in [-0.3, -0.25) is 9.79 Å². The van der Waals surface area contributed by atoms with E-state index in [1.165, 1.54) is 31.9 Å². The van der Waals surface area contributed by atoms with Crippen LogP contribution in [0.4, 0.5) is 5.82 Å². The normalized spacial score (nSPS) is 23.4. The summed E-state index contributed by atoms with van der Waals surface area (Å²) in [6.45, 7) is 6.39. The topological polar surface area (TPSA) is 70.1 Å². The fourth-order valence-electron chi connectivity index (χ4n) is 3.98. The summed E-state index contributed by atoms with van der Waals surface area (Å²) < 4.78 is 4.93. The van der Waals surface area contributed by atoms with Crippen molar-refractivity contribution < 1.29 is 9.53 Å². The Labute approximate surface area is 161 Å². The molecule has 0 aromatic carbocycles. The molecule has 0 bridgehead atoms. The summed E-state index contributed by atoms with van der Waals surface area (Å²) in [5, 5.41) is 3.43. The summed E-state index contributed by atoms with van der Waals surface area (Å²) in [6, 6.07) is 4.20. The monoisotopic (exact) mass is 373 g/mol. The first kappa shape index (κ1) is 19.5. The van der Waals surface area contributed by atoms with Gasteiger partial charge in [-0.05, 0) is 42.9 Å². The highest BCUT2D eigenvalue weighted by molar-refractivity contribution is 5.82. The van der Waals surface area contributed by atoms with E-state index in [0.29, 0.717) is 13.1 Å². The van der Waals surface area contributed by atoms with E-state index in [2.05, 4.69) is 38.1 Å². The van der Waals surface area contributed by atoms with Gasteiger partial charge >= 0.3 is 5.97 Å². The van der Waals surface area contributed by atoms with Crippen molar-refractivity contribution in [1.29, 1.82) is 0 Å². The molecule has 27 heavy (non-hydrogen) atoms. The van der Waals surface area contributed by atoms with Gasteiger partial charge < -0.3 is 19.9 Å². The van der Waals surface area contributed by atoms with Gasteiger partial charge in [0.05, 0.1) is 13.0 Å². The summed E-state index contributed by atoms with van der Waals surface area (Å²) in [6.07, 6.45) is 5.68. The molecule has 2 aliphatic rings. The largest absolute Gasteiger partial charge is 0.469 e. The van der Waals surface area contributed by atoms with Crippen LogP contribution in [0.2, 0.25) is 0 Å². The summed E-state index contributed by atoms with van der Waals surface area (Å²) in [7, 11) is 3.23. The molecular weight excluding hydrogens is 342 g/mol. The fraction of sp³-hybridized carbons (Fsp3) is 0.650. The van der Waals surface area contributed by atoms with Crippen molar-refractivity contribution in [2.24, 2.45) is 16.8 Å². The molecule has 2 unspecified atom stereocenters. The molecule has 0 radical (unpaired) electrons. The first-order valence-electron chi connectivity index (χ1n) is 9.85. The second kappa shape index (κ2) is 9.06. The van der Waals surface area contributed by atoms with Gasteiger partial charge in [0.25, 0.3) is 0 Å². The molecule has 3 heterocycles. The number of aromatic nitrogens is 1. The van der Waals surface area contributed by atoms with E-state index in [4.69, 9.17) is 4.74 Å². The number of likely N-dealkylation sites (tertiary alicyclic amines) is 1. The number of hydrogen-bond donors (Lipinski definition) is 1. The molecule has 7 nitrogen and oxygen atoms in total. The average molecular weight is 374 g/mol. The molecule has 0 spiro atoms. The number of methoxy groups -OCH3 is 1. The maximum atomic E-state index is 11.9. The zero-order valence-electron chi connectivity index (χ0n) is 16.6. The summed E-state index contributed by atoms with van der Waals surface area (Å²) >= 11 is 0. The number of rotatable bonds is 4. The van der Waals surface area contributed by atoms with Gasteiger partial charge in [0.2, 0.25) is 0 Å². The SMILES string of the molecule is CN=C(NCc1ccnc(N2CCCCC2)c1)N1CC(C)C(C(=O)OC)C1. The molecule has 3 rings (SSSR count). The van der Waals surface area contributed by atoms with Gasteiger partial charge in [-0.2, -0.15) is 0 Å². The number of carbonyl (C=O) groups is 1. The lowest BCUT2D eigenvalue weighted by Crippen LogP contribution is -2.40. The van der Waals surface area contributed by atoms with Gasteiger partial charge in [0, 0.05) is 46.0 Å². The number of ether oxygens (including phenoxy) is 1. The van der Waals surface area contributed by atoms with E-state index in [1.54, 1.807) is 7.05 Å². The van der Waals surface area contributed by atoms with Crippen LogP contribution >= 0.6 is 0 Å². The minimum atomic E-state index is -0.138. The van der Waals surface area contributed by atoms with Gasteiger partial charge in [-0.15, -0.1) is 0 Å². The van der Waals surface area contributed by atoms with Crippen LogP contribution in [0.1, 0.15) is 31.7 Å². The molecule has 1 aromatic heterocycles. The van der Waals surface area contributed by atoms with E-state index < -0.39 is 0 Å². The maximum absolute atomic E-state index is 11.9. The van der Waals surface area contributed by atoms with Crippen LogP contribution in [0.3, 0.4) is 0 Å². The Bertz CT molecular complexity index is 672. The Kier molecular flexibility index (Phi) is 6.53. The van der Waals surface area contributed by atoms with E-state index >= 15 is 0 Å². The van der Waals surface area contributed by atoms with Crippen molar-refractivity contribution in [1.82, 2.24) is 15.2 Å². The average Bonchev–Trinajstić information content (AvgIpc) is 3.10. The van der Waals surface area contributed by atoms with Crippen LogP contribution in [0.15, 0.2) is 23.3 Å². The lowest BCUT2D eigenvalue weighted by Gasteiger charge is -2.28. The molecule has 2 saturated heterocycles. The van der Waals surface area contributed by atoms with Gasteiger partial charge in [-0.25, -0.2) is 4.98 Å². The zero-order chi connectivity index (χ0) is 19.2. The number of carbonyl (C=O) groups excluding carboxylic acids is 1. The van der Waals surface area contributed by atoms with Gasteiger partial charge in [-0.1, -0.05) is 6.92 Å². The van der Waals surface area contributed by atoms with Crippen molar-refractivity contribution in [3.63, 3.8) is 0 Å². The van der Waals surface area contributed by atoms with Crippen LogP contribution in [-0.2, 0) is 16.1 Å². The smallest absolute Gasteiger partial charge is 0.310 e. The Balaban J connectivity index is 1.59. The molecule has 148 valence electrons. The summed E-state index contributed by atoms with van der Waals surface area (Å²) in [4.78, 5) is 25.4. The zero-order valence-corrected chi connectivity index (χ0v) is 16.6. The minimum Gasteiger partial charge on any atom is -0.469 e. The first-order valence-corrected chi connectivity index (χ1v) is 9.85. The third-order valence-electron chi connectivity index (χ3n) is 5.57. The number of nitrogens with zero attached hydrogens (tertiary/aromatic N) is 4. The number of hydrogen-bond acceptors (Lipinski definition) is 5. The lowest BCUT2D eigenvalue weighted by atomic mass is 9.99. The number of piperidine rings is 1. The standard InChI is InChI=1S/C20H31N5O2/c1-15-13-25(14-17(15)19(26)27-3)20(21-2)23-12-16-7-8-22-18(11-16)24-9-5-4-6-10-24/h7-8,11,15,17H,4-6,9-10,12-14H2,1-3H3,(H,21,23). The highest BCUT2D eigenvalue weighted by Crippen LogP contribution is 2.24. The third-order valence-corrected chi connectivity index (χ3v) is 5.57. The number of nitrogens with one attached hydrogen (secondary N) is 1. The van der Waals surface area contributed by atoms with Gasteiger partial charge in [0.1, 0.15) is 5.82 Å². The van der Waals surface area contributed by atoms with Crippen molar-refractivity contribution in [3.8, 4) is 0 Å². The third kappa shape index (κ3) is 4.70. The Morgan fingerprint density at radius 3 is 2.81 bits per heavy atom. The highest BCUT2D eigenvalue weighted by Gasteiger charge is 2.36. The molecule has 0 aliphatic carbocycles. The summed E-state index contributed by atoms with van der Waals surface area (Å²) in [5.74, 6) is 1.90. The number of anilines is 1. The lowest BCUT2D eigenvalue weighted by molar-refractivity contribution is -0.145. The number of pyridine rings is 1. The van der Waals surface area contributed by atoms with Crippen LogP contribution in [0.5, 0.6) is 0 Å². The Morgan fingerprint density at radius 2 is 2.11 bits per heavy atom. The summed E-state index contributed by atoms with van der Waals surface area (Å²) in [5.41, 5.74) is 1.18. The van der Waals surface area contributed by atoms with E-state index in [9.17, 15) is 4.79 Å². The van der Waals surface area contributed by atoms with E-state index in [-0.39, 0.29) is 17.8 Å². The molecule has 1 N–H and O–H groups in total. The molecule has 1 aromatic rings. The van der Waals surface area contributed by atoms with Crippen LogP contribution in [-0.4, -0.2) is 62.1 Å². The second-order valence-electron chi connectivity index (χ2n) is 7.48. The predicted octanol–water partition coefficient (Wildman–Crippen LogP) is 1.89. The fourth-order valence-corrected chi connectivity index (χ4v) is 3.98.